The molecule has 1 atom stereocenters. The van der Waals surface area contributed by atoms with Crippen molar-refractivity contribution in [2.24, 2.45) is 0 Å². The second-order valence-corrected chi connectivity index (χ2v) is 5.53. The lowest BCUT2D eigenvalue weighted by atomic mass is 9.96. The summed E-state index contributed by atoms with van der Waals surface area (Å²) in [5.74, 6) is 2.34. The number of carbonyl (C=O) groups is 1. The number of imidazole rings is 1. The number of aromatic nitrogens is 5. The molecule has 1 fully saturated rings. The van der Waals surface area contributed by atoms with E-state index in [9.17, 15) is 4.79 Å². The fraction of sp³-hybridized carbons (Fsp3) is 0.571. The lowest BCUT2D eigenvalue weighted by Gasteiger charge is -2.33. The van der Waals surface area contributed by atoms with Gasteiger partial charge in [-0.15, -0.1) is 0 Å². The maximum Gasteiger partial charge on any atom is 0.245 e. The smallest absolute Gasteiger partial charge is 0.245 e. The topological polar surface area (TPSA) is 79.7 Å². The molecule has 0 bridgehead atoms. The van der Waals surface area contributed by atoms with Crippen LogP contribution in [0.25, 0.3) is 0 Å². The van der Waals surface area contributed by atoms with Crippen molar-refractivity contribution in [1.82, 2.24) is 29.6 Å². The summed E-state index contributed by atoms with van der Waals surface area (Å²) in [5, 5.41) is 6.82. The summed E-state index contributed by atoms with van der Waals surface area (Å²) in [4.78, 5) is 22.9. The molecule has 1 aliphatic rings. The number of nitrogens with zero attached hydrogens (tertiary/aromatic N) is 5. The summed E-state index contributed by atoms with van der Waals surface area (Å²) < 4.78 is 1.92. The van der Waals surface area contributed by atoms with Crippen LogP contribution in [0.2, 0.25) is 0 Å². The highest BCUT2D eigenvalue weighted by molar-refractivity contribution is 5.80. The van der Waals surface area contributed by atoms with Crippen LogP contribution in [-0.2, 0) is 4.79 Å². The SMILES string of the molecule is Cc1nccn1[C@H](C)C(=O)N1CCC(c2ncn[nH]2)CC1. The molecule has 0 aliphatic carbocycles. The predicted octanol–water partition coefficient (Wildman–Crippen LogP) is 1.28. The van der Waals surface area contributed by atoms with Gasteiger partial charge in [0.2, 0.25) is 5.91 Å². The normalized spacial score (nSPS) is 17.9. The summed E-state index contributed by atoms with van der Waals surface area (Å²) in [7, 11) is 0. The van der Waals surface area contributed by atoms with Gasteiger partial charge >= 0.3 is 0 Å². The zero-order chi connectivity index (χ0) is 14.8. The van der Waals surface area contributed by atoms with Gasteiger partial charge in [-0.05, 0) is 26.7 Å². The molecule has 1 N–H and O–H groups in total. The fourth-order valence-corrected chi connectivity index (χ4v) is 2.97. The molecule has 7 nitrogen and oxygen atoms in total. The molecule has 0 aromatic carbocycles. The summed E-state index contributed by atoms with van der Waals surface area (Å²) >= 11 is 0. The number of likely N-dealkylation sites (tertiary alicyclic amines) is 1. The average molecular weight is 288 g/mol. The molecule has 21 heavy (non-hydrogen) atoms. The first-order chi connectivity index (χ1) is 10.2. The molecule has 0 unspecified atom stereocenters. The highest BCUT2D eigenvalue weighted by Gasteiger charge is 2.28. The lowest BCUT2D eigenvalue weighted by molar-refractivity contribution is -0.135. The van der Waals surface area contributed by atoms with Crippen LogP contribution in [-0.4, -0.2) is 48.6 Å². The van der Waals surface area contributed by atoms with Gasteiger partial charge in [0.15, 0.2) is 0 Å². The molecule has 0 spiro atoms. The van der Waals surface area contributed by atoms with Gasteiger partial charge in [-0.25, -0.2) is 9.97 Å². The number of aryl methyl sites for hydroxylation is 1. The van der Waals surface area contributed by atoms with Crippen molar-refractivity contribution < 1.29 is 4.79 Å². The third-order valence-electron chi connectivity index (χ3n) is 4.26. The molecule has 0 saturated carbocycles. The van der Waals surface area contributed by atoms with Crippen LogP contribution in [0.4, 0.5) is 0 Å². The first kappa shape index (κ1) is 13.8. The maximum absolute atomic E-state index is 12.6. The minimum atomic E-state index is -0.200. The third-order valence-corrected chi connectivity index (χ3v) is 4.26. The van der Waals surface area contributed by atoms with Crippen molar-refractivity contribution >= 4 is 5.91 Å². The fourth-order valence-electron chi connectivity index (χ4n) is 2.97. The van der Waals surface area contributed by atoms with Crippen LogP contribution in [0.3, 0.4) is 0 Å². The molecule has 1 saturated heterocycles. The Hall–Kier alpha value is -2.18. The van der Waals surface area contributed by atoms with E-state index < -0.39 is 0 Å². The lowest BCUT2D eigenvalue weighted by Crippen LogP contribution is -2.41. The van der Waals surface area contributed by atoms with Gasteiger partial charge in [0.05, 0.1) is 0 Å². The van der Waals surface area contributed by atoms with E-state index in [1.807, 2.05) is 29.5 Å². The van der Waals surface area contributed by atoms with Crippen molar-refractivity contribution in [2.75, 3.05) is 13.1 Å². The number of amides is 1. The first-order valence-corrected chi connectivity index (χ1v) is 7.30. The molecule has 0 radical (unpaired) electrons. The van der Waals surface area contributed by atoms with Crippen LogP contribution in [0.15, 0.2) is 18.7 Å². The predicted molar refractivity (Wildman–Crippen MR) is 76.6 cm³/mol. The van der Waals surface area contributed by atoms with E-state index in [0.717, 1.165) is 37.6 Å². The molecule has 2 aromatic rings. The van der Waals surface area contributed by atoms with Crippen molar-refractivity contribution in [3.05, 3.63) is 30.4 Å². The second kappa shape index (κ2) is 5.67. The first-order valence-electron chi connectivity index (χ1n) is 7.30. The maximum atomic E-state index is 12.6. The van der Waals surface area contributed by atoms with Gasteiger partial charge in [0.1, 0.15) is 24.0 Å². The van der Waals surface area contributed by atoms with Crippen molar-refractivity contribution in [2.45, 2.75) is 38.6 Å². The van der Waals surface area contributed by atoms with Crippen LogP contribution in [0, 0.1) is 6.92 Å². The zero-order valence-electron chi connectivity index (χ0n) is 12.4. The molecule has 112 valence electrons. The molecular weight excluding hydrogens is 268 g/mol. The Morgan fingerprint density at radius 2 is 2.14 bits per heavy atom. The number of rotatable bonds is 3. The van der Waals surface area contributed by atoms with Crippen LogP contribution < -0.4 is 0 Å². The number of hydrogen-bond acceptors (Lipinski definition) is 4. The summed E-state index contributed by atoms with van der Waals surface area (Å²) in [6.45, 7) is 5.38. The molecule has 1 aliphatic heterocycles. The van der Waals surface area contributed by atoms with E-state index in [0.29, 0.717) is 5.92 Å². The Labute approximate surface area is 123 Å². The summed E-state index contributed by atoms with van der Waals surface area (Å²) in [6, 6.07) is -0.200. The molecule has 1 amide bonds. The zero-order valence-corrected chi connectivity index (χ0v) is 12.4. The minimum absolute atomic E-state index is 0.159. The highest BCUT2D eigenvalue weighted by Crippen LogP contribution is 2.26. The number of aromatic amines is 1. The van der Waals surface area contributed by atoms with Crippen LogP contribution in [0.1, 0.15) is 43.4 Å². The van der Waals surface area contributed by atoms with E-state index in [2.05, 4.69) is 20.2 Å². The van der Waals surface area contributed by atoms with Gasteiger partial charge in [-0.2, -0.15) is 5.10 Å². The van der Waals surface area contributed by atoms with Crippen molar-refractivity contribution in [3.8, 4) is 0 Å². The monoisotopic (exact) mass is 288 g/mol. The van der Waals surface area contributed by atoms with Gasteiger partial charge in [0.25, 0.3) is 0 Å². The standard InChI is InChI=1S/C14H20N6O/c1-10(20-8-5-15-11(20)2)14(21)19-6-3-12(4-7-19)13-16-9-17-18-13/h5,8-10,12H,3-4,6-7H2,1-2H3,(H,16,17,18)/t10-/m1/s1. The number of nitrogens with one attached hydrogen (secondary N) is 1. The molecular formula is C14H20N6O. The van der Waals surface area contributed by atoms with Crippen molar-refractivity contribution in [1.29, 1.82) is 0 Å². The minimum Gasteiger partial charge on any atom is -0.341 e. The van der Waals surface area contributed by atoms with E-state index in [-0.39, 0.29) is 11.9 Å². The number of H-pyrrole nitrogens is 1. The Balaban J connectivity index is 1.61. The van der Waals surface area contributed by atoms with Gasteiger partial charge in [0, 0.05) is 31.4 Å². The van der Waals surface area contributed by atoms with Gasteiger partial charge in [-0.1, -0.05) is 0 Å². The number of carbonyl (C=O) groups excluding carboxylic acids is 1. The molecule has 3 rings (SSSR count). The summed E-state index contributed by atoms with van der Waals surface area (Å²) in [6.07, 6.45) is 6.98. The Morgan fingerprint density at radius 1 is 1.38 bits per heavy atom. The Kier molecular flexibility index (Phi) is 3.72. The van der Waals surface area contributed by atoms with Crippen molar-refractivity contribution in [3.63, 3.8) is 0 Å². The second-order valence-electron chi connectivity index (χ2n) is 5.53. The van der Waals surface area contributed by atoms with Gasteiger partial charge < -0.3 is 9.47 Å². The van der Waals surface area contributed by atoms with E-state index >= 15 is 0 Å². The highest BCUT2D eigenvalue weighted by atomic mass is 16.2. The molecule has 7 heteroatoms. The number of piperidine rings is 1. The largest absolute Gasteiger partial charge is 0.341 e. The van der Waals surface area contributed by atoms with Crippen LogP contribution >= 0.6 is 0 Å². The number of hydrogen-bond donors (Lipinski definition) is 1. The Bertz CT molecular complexity index is 597. The Morgan fingerprint density at radius 3 is 2.71 bits per heavy atom. The molecule has 3 heterocycles. The summed E-state index contributed by atoms with van der Waals surface area (Å²) in [5.41, 5.74) is 0. The van der Waals surface area contributed by atoms with E-state index in [1.54, 1.807) is 6.20 Å². The van der Waals surface area contributed by atoms with Gasteiger partial charge in [-0.3, -0.25) is 9.89 Å². The third kappa shape index (κ3) is 2.68. The molecule has 2 aromatic heterocycles. The quantitative estimate of drug-likeness (QED) is 0.922. The average Bonchev–Trinajstić information content (AvgIpc) is 3.17. The van der Waals surface area contributed by atoms with Crippen LogP contribution in [0.5, 0.6) is 0 Å². The van der Waals surface area contributed by atoms with E-state index in [1.165, 1.54) is 6.33 Å². The van der Waals surface area contributed by atoms with E-state index in [4.69, 9.17) is 0 Å².